The number of nitrogens with one attached hydrogen (secondary N) is 2. The summed E-state index contributed by atoms with van der Waals surface area (Å²) in [4.78, 5) is 11.8. The van der Waals surface area contributed by atoms with E-state index in [1.54, 1.807) is 12.1 Å². The molecule has 1 aromatic heterocycles. The van der Waals surface area contributed by atoms with Gasteiger partial charge in [0.15, 0.2) is 5.76 Å². The van der Waals surface area contributed by atoms with E-state index in [2.05, 4.69) is 17.6 Å². The summed E-state index contributed by atoms with van der Waals surface area (Å²) in [6.45, 7) is 6.85. The maximum atomic E-state index is 11.8. The van der Waals surface area contributed by atoms with E-state index in [1.165, 1.54) is 0 Å². The summed E-state index contributed by atoms with van der Waals surface area (Å²) >= 11 is 0. The second kappa shape index (κ2) is 4.92. The minimum Gasteiger partial charge on any atom is -0.456 e. The Hall–Kier alpha value is -1.29. The molecule has 0 unspecified atom stereocenters. The van der Waals surface area contributed by atoms with E-state index in [0.717, 1.165) is 31.7 Å². The highest BCUT2D eigenvalue weighted by atomic mass is 16.3. The van der Waals surface area contributed by atoms with Crippen LogP contribution in [-0.4, -0.2) is 25.5 Å². The molecule has 0 atom stereocenters. The fraction of sp³-hybridized carbons (Fsp3) is 0.615. The maximum absolute atomic E-state index is 11.8. The van der Waals surface area contributed by atoms with Crippen LogP contribution in [0.2, 0.25) is 0 Å². The predicted octanol–water partition coefficient (Wildman–Crippen LogP) is 1.71. The highest BCUT2D eigenvalue weighted by Gasteiger charge is 2.27. The average Bonchev–Trinajstić information content (AvgIpc) is 2.74. The number of furan rings is 1. The van der Waals surface area contributed by atoms with Gasteiger partial charge in [-0.25, -0.2) is 0 Å². The number of aryl methyl sites for hydroxylation is 1. The second-order valence-corrected chi connectivity index (χ2v) is 5.15. The quantitative estimate of drug-likeness (QED) is 0.840. The second-order valence-electron chi connectivity index (χ2n) is 5.15. The Kier molecular flexibility index (Phi) is 3.52. The smallest absolute Gasteiger partial charge is 0.287 e. The first-order valence-electron chi connectivity index (χ1n) is 6.14. The molecule has 0 saturated carbocycles. The van der Waals surface area contributed by atoms with Crippen molar-refractivity contribution < 1.29 is 9.21 Å². The van der Waals surface area contributed by atoms with Crippen LogP contribution in [0.5, 0.6) is 0 Å². The van der Waals surface area contributed by atoms with Crippen LogP contribution in [0.25, 0.3) is 0 Å². The Labute approximate surface area is 102 Å². The number of hydrogen-bond acceptors (Lipinski definition) is 3. The van der Waals surface area contributed by atoms with Crippen LogP contribution in [0, 0.1) is 12.3 Å². The minimum atomic E-state index is -0.113. The summed E-state index contributed by atoms with van der Waals surface area (Å²) in [6.07, 6.45) is 2.20. The number of carbonyl (C=O) groups is 1. The van der Waals surface area contributed by atoms with Gasteiger partial charge in [0.1, 0.15) is 5.76 Å². The van der Waals surface area contributed by atoms with Crippen molar-refractivity contribution in [2.24, 2.45) is 5.41 Å². The Morgan fingerprint density at radius 3 is 2.76 bits per heavy atom. The lowest BCUT2D eigenvalue weighted by Gasteiger charge is -2.33. The number of piperidine rings is 1. The first-order chi connectivity index (χ1) is 8.09. The van der Waals surface area contributed by atoms with Gasteiger partial charge >= 0.3 is 0 Å². The van der Waals surface area contributed by atoms with Crippen molar-refractivity contribution in [2.45, 2.75) is 26.7 Å². The van der Waals surface area contributed by atoms with E-state index >= 15 is 0 Å². The summed E-state index contributed by atoms with van der Waals surface area (Å²) in [5.41, 5.74) is 0.211. The van der Waals surface area contributed by atoms with Gasteiger partial charge in [-0.3, -0.25) is 4.79 Å². The van der Waals surface area contributed by atoms with E-state index in [9.17, 15) is 4.79 Å². The Morgan fingerprint density at radius 1 is 1.47 bits per heavy atom. The van der Waals surface area contributed by atoms with Crippen molar-refractivity contribution in [2.75, 3.05) is 19.6 Å². The largest absolute Gasteiger partial charge is 0.456 e. The maximum Gasteiger partial charge on any atom is 0.287 e. The summed E-state index contributed by atoms with van der Waals surface area (Å²) < 4.78 is 5.29. The number of amides is 1. The third-order valence-electron chi connectivity index (χ3n) is 3.45. The monoisotopic (exact) mass is 236 g/mol. The SMILES string of the molecule is Cc1ccc(C(=O)NCC2(C)CCNCC2)o1. The van der Waals surface area contributed by atoms with Crippen molar-refractivity contribution >= 4 is 5.91 Å². The molecule has 0 aromatic carbocycles. The number of rotatable bonds is 3. The lowest BCUT2D eigenvalue weighted by atomic mass is 9.81. The van der Waals surface area contributed by atoms with E-state index in [4.69, 9.17) is 4.42 Å². The van der Waals surface area contributed by atoms with Crippen molar-refractivity contribution in [3.8, 4) is 0 Å². The third-order valence-corrected chi connectivity index (χ3v) is 3.45. The highest BCUT2D eigenvalue weighted by molar-refractivity contribution is 5.91. The molecule has 1 amide bonds. The lowest BCUT2D eigenvalue weighted by molar-refractivity contribution is 0.0893. The van der Waals surface area contributed by atoms with Crippen LogP contribution in [-0.2, 0) is 0 Å². The summed E-state index contributed by atoms with van der Waals surface area (Å²) in [5, 5.41) is 6.29. The van der Waals surface area contributed by atoms with E-state index < -0.39 is 0 Å². The van der Waals surface area contributed by atoms with Crippen molar-refractivity contribution in [3.63, 3.8) is 0 Å². The van der Waals surface area contributed by atoms with Crippen LogP contribution >= 0.6 is 0 Å². The van der Waals surface area contributed by atoms with E-state index in [0.29, 0.717) is 12.3 Å². The van der Waals surface area contributed by atoms with Crippen LogP contribution in [0.3, 0.4) is 0 Å². The van der Waals surface area contributed by atoms with E-state index in [-0.39, 0.29) is 11.3 Å². The molecule has 1 saturated heterocycles. The van der Waals surface area contributed by atoms with Gasteiger partial charge in [-0.05, 0) is 50.4 Å². The summed E-state index contributed by atoms with van der Waals surface area (Å²) in [7, 11) is 0. The van der Waals surface area contributed by atoms with Crippen molar-refractivity contribution in [1.82, 2.24) is 10.6 Å². The topological polar surface area (TPSA) is 54.3 Å². The average molecular weight is 236 g/mol. The Bertz CT molecular complexity index is 392. The molecule has 4 heteroatoms. The molecule has 1 fully saturated rings. The minimum absolute atomic E-state index is 0.113. The van der Waals surface area contributed by atoms with Gasteiger partial charge < -0.3 is 15.1 Å². The van der Waals surface area contributed by atoms with E-state index in [1.807, 2.05) is 6.92 Å². The fourth-order valence-corrected chi connectivity index (χ4v) is 2.14. The van der Waals surface area contributed by atoms with Crippen LogP contribution in [0.15, 0.2) is 16.5 Å². The molecular formula is C13H20N2O2. The predicted molar refractivity (Wildman–Crippen MR) is 66.0 cm³/mol. The molecule has 0 aliphatic carbocycles. The molecule has 2 heterocycles. The zero-order valence-electron chi connectivity index (χ0n) is 10.5. The van der Waals surface area contributed by atoms with Gasteiger partial charge in [0, 0.05) is 6.54 Å². The van der Waals surface area contributed by atoms with Crippen LogP contribution in [0.1, 0.15) is 36.1 Å². The number of carbonyl (C=O) groups excluding carboxylic acids is 1. The van der Waals surface area contributed by atoms with Gasteiger partial charge in [0.25, 0.3) is 5.91 Å². The van der Waals surface area contributed by atoms with Gasteiger partial charge in [-0.1, -0.05) is 6.92 Å². The summed E-state index contributed by atoms with van der Waals surface area (Å²) in [6, 6.07) is 3.52. The molecule has 4 nitrogen and oxygen atoms in total. The van der Waals surface area contributed by atoms with Gasteiger partial charge in [-0.2, -0.15) is 0 Å². The molecule has 1 aliphatic heterocycles. The number of hydrogen-bond donors (Lipinski definition) is 2. The molecule has 0 bridgehead atoms. The van der Waals surface area contributed by atoms with Crippen molar-refractivity contribution in [3.05, 3.63) is 23.7 Å². The first-order valence-corrected chi connectivity index (χ1v) is 6.14. The highest BCUT2D eigenvalue weighted by Crippen LogP contribution is 2.26. The normalized spacial score (nSPS) is 18.9. The fourth-order valence-electron chi connectivity index (χ4n) is 2.14. The zero-order chi connectivity index (χ0) is 12.3. The lowest BCUT2D eigenvalue weighted by Crippen LogP contribution is -2.42. The van der Waals surface area contributed by atoms with Crippen LogP contribution < -0.4 is 10.6 Å². The van der Waals surface area contributed by atoms with Crippen LogP contribution in [0.4, 0.5) is 0 Å². The summed E-state index contributed by atoms with van der Waals surface area (Å²) in [5.74, 6) is 1.06. The molecule has 1 aliphatic rings. The molecule has 2 N–H and O–H groups in total. The Morgan fingerprint density at radius 2 is 2.18 bits per heavy atom. The molecule has 94 valence electrons. The standard InChI is InChI=1S/C13H20N2O2/c1-10-3-4-11(17-10)12(16)15-9-13(2)5-7-14-8-6-13/h3-4,14H,5-9H2,1-2H3,(H,15,16). The van der Waals surface area contributed by atoms with Gasteiger partial charge in [0.05, 0.1) is 0 Å². The zero-order valence-corrected chi connectivity index (χ0v) is 10.5. The third kappa shape index (κ3) is 3.09. The van der Waals surface area contributed by atoms with Gasteiger partial charge in [0.2, 0.25) is 0 Å². The Balaban J connectivity index is 1.87. The molecule has 0 radical (unpaired) electrons. The molecule has 1 aromatic rings. The molecular weight excluding hydrogens is 216 g/mol. The van der Waals surface area contributed by atoms with Gasteiger partial charge in [-0.15, -0.1) is 0 Å². The first kappa shape index (κ1) is 12.2. The van der Waals surface area contributed by atoms with Crippen molar-refractivity contribution in [1.29, 1.82) is 0 Å². The molecule has 2 rings (SSSR count). The molecule has 0 spiro atoms. The molecule has 17 heavy (non-hydrogen) atoms.